The van der Waals surface area contributed by atoms with Crippen molar-refractivity contribution < 1.29 is 33.1 Å². The van der Waals surface area contributed by atoms with Crippen molar-refractivity contribution in [2.45, 2.75) is 33.1 Å². The number of nitrogens with one attached hydrogen (secondary N) is 1. The van der Waals surface area contributed by atoms with Crippen LogP contribution in [0.4, 0.5) is 5.00 Å². The molecule has 0 aliphatic heterocycles. The van der Waals surface area contributed by atoms with E-state index in [-0.39, 0.29) is 12.5 Å². The lowest BCUT2D eigenvalue weighted by Gasteiger charge is -2.08. The molecule has 0 bridgehead atoms. The lowest BCUT2D eigenvalue weighted by atomic mass is 10.1. The molecule has 2 aromatic heterocycles. The van der Waals surface area contributed by atoms with Crippen molar-refractivity contribution in [1.29, 1.82) is 0 Å². The first-order valence-electron chi connectivity index (χ1n) is 8.81. The highest BCUT2D eigenvalue weighted by Gasteiger charge is 2.28. The number of fused-ring (bicyclic) bond motifs is 1. The highest BCUT2D eigenvalue weighted by Crippen LogP contribution is 2.39. The fourth-order valence-corrected chi connectivity index (χ4v) is 4.10. The number of aryl methyl sites for hydroxylation is 2. The van der Waals surface area contributed by atoms with E-state index in [9.17, 15) is 14.4 Å². The summed E-state index contributed by atoms with van der Waals surface area (Å²) in [4.78, 5) is 37.2. The number of aromatic nitrogens is 1. The van der Waals surface area contributed by atoms with Gasteiger partial charge in [0, 0.05) is 10.9 Å². The Kier molecular flexibility index (Phi) is 6.30. The Balaban J connectivity index is 1.53. The maximum Gasteiger partial charge on any atom is 0.344 e. The summed E-state index contributed by atoms with van der Waals surface area (Å²) in [5.74, 6) is -1.02. The molecule has 1 amide bonds. The molecule has 1 aliphatic carbocycles. The molecule has 2 aromatic rings. The van der Waals surface area contributed by atoms with Gasteiger partial charge in [-0.25, -0.2) is 9.59 Å². The fraction of sp³-hybridized carbons (Fsp3) is 0.444. The number of hydrogen-bond acceptors (Lipinski definition) is 9. The Morgan fingerprint density at radius 1 is 1.25 bits per heavy atom. The van der Waals surface area contributed by atoms with Crippen LogP contribution >= 0.6 is 11.3 Å². The molecule has 0 fully saturated rings. The number of rotatable bonds is 8. The second-order valence-corrected chi connectivity index (χ2v) is 7.16. The van der Waals surface area contributed by atoms with Crippen molar-refractivity contribution in [3.63, 3.8) is 0 Å². The standard InChI is InChI=1S/C18H20N2O7S/c1-3-24-18(23)16-11-5-4-6-12(11)28-17(16)19-13(21)8-26-15(22)9-25-14-7-10(2)27-20-14/h7H,3-6,8-9H2,1-2H3,(H,19,21). The summed E-state index contributed by atoms with van der Waals surface area (Å²) >= 11 is 1.36. The first kappa shape index (κ1) is 19.9. The SMILES string of the molecule is CCOC(=O)c1c(NC(=O)COC(=O)COc2cc(C)on2)sc2c1CCC2. The normalized spacial score (nSPS) is 12.4. The molecule has 1 N–H and O–H groups in total. The Morgan fingerprint density at radius 2 is 2.07 bits per heavy atom. The van der Waals surface area contributed by atoms with Crippen molar-refractivity contribution in [3.05, 3.63) is 27.8 Å². The molecule has 0 spiro atoms. The van der Waals surface area contributed by atoms with E-state index in [1.54, 1.807) is 13.8 Å². The molecule has 0 aromatic carbocycles. The second-order valence-electron chi connectivity index (χ2n) is 6.06. The van der Waals surface area contributed by atoms with E-state index in [4.69, 9.17) is 18.7 Å². The summed E-state index contributed by atoms with van der Waals surface area (Å²) in [6, 6.07) is 1.52. The molecule has 0 saturated heterocycles. The van der Waals surface area contributed by atoms with E-state index in [1.165, 1.54) is 17.4 Å². The third kappa shape index (κ3) is 4.69. The quantitative estimate of drug-likeness (QED) is 0.661. The zero-order valence-electron chi connectivity index (χ0n) is 15.5. The molecule has 150 valence electrons. The van der Waals surface area contributed by atoms with E-state index in [0.29, 0.717) is 16.3 Å². The Labute approximate surface area is 164 Å². The molecular weight excluding hydrogens is 388 g/mol. The molecule has 0 radical (unpaired) electrons. The summed E-state index contributed by atoms with van der Waals surface area (Å²) in [6.07, 6.45) is 2.63. The first-order valence-corrected chi connectivity index (χ1v) is 9.62. The number of nitrogens with zero attached hydrogens (tertiary/aromatic N) is 1. The predicted molar refractivity (Wildman–Crippen MR) is 98.6 cm³/mol. The Morgan fingerprint density at radius 3 is 2.79 bits per heavy atom. The minimum absolute atomic E-state index is 0.158. The average Bonchev–Trinajstić information content (AvgIpc) is 3.34. The topological polar surface area (TPSA) is 117 Å². The van der Waals surface area contributed by atoms with Gasteiger partial charge in [-0.1, -0.05) is 0 Å². The number of hydrogen-bond donors (Lipinski definition) is 1. The third-order valence-corrected chi connectivity index (χ3v) is 5.17. The van der Waals surface area contributed by atoms with E-state index in [0.717, 1.165) is 29.7 Å². The van der Waals surface area contributed by atoms with Crippen LogP contribution in [-0.2, 0) is 31.9 Å². The van der Waals surface area contributed by atoms with Gasteiger partial charge in [0.05, 0.1) is 12.2 Å². The molecule has 9 nitrogen and oxygen atoms in total. The zero-order chi connectivity index (χ0) is 20.1. The predicted octanol–water partition coefficient (Wildman–Crippen LogP) is 2.27. The molecule has 1 aliphatic rings. The van der Waals surface area contributed by atoms with E-state index in [2.05, 4.69) is 10.5 Å². The monoisotopic (exact) mass is 408 g/mol. The number of thiophene rings is 1. The Hall–Kier alpha value is -2.88. The van der Waals surface area contributed by atoms with Crippen molar-refractivity contribution in [2.24, 2.45) is 0 Å². The van der Waals surface area contributed by atoms with Crippen LogP contribution in [0.25, 0.3) is 0 Å². The fourth-order valence-electron chi connectivity index (χ4n) is 2.81. The van der Waals surface area contributed by atoms with Crippen LogP contribution in [-0.4, -0.2) is 42.8 Å². The summed E-state index contributed by atoms with van der Waals surface area (Å²) in [5, 5.41) is 6.65. The smallest absolute Gasteiger partial charge is 0.344 e. The van der Waals surface area contributed by atoms with Crippen molar-refractivity contribution in [1.82, 2.24) is 5.16 Å². The number of carbonyl (C=O) groups is 3. The van der Waals surface area contributed by atoms with Gasteiger partial charge in [-0.05, 0) is 43.8 Å². The lowest BCUT2D eigenvalue weighted by molar-refractivity contribution is -0.149. The number of ether oxygens (including phenoxy) is 3. The largest absolute Gasteiger partial charge is 0.463 e. The second kappa shape index (κ2) is 8.87. The van der Waals surface area contributed by atoms with Crippen LogP contribution in [0.2, 0.25) is 0 Å². The molecule has 0 atom stereocenters. The van der Waals surface area contributed by atoms with Gasteiger partial charge < -0.3 is 24.1 Å². The molecule has 28 heavy (non-hydrogen) atoms. The molecular formula is C18H20N2O7S. The average molecular weight is 408 g/mol. The van der Waals surface area contributed by atoms with Gasteiger partial charge in [-0.2, -0.15) is 0 Å². The molecule has 10 heteroatoms. The number of carbonyl (C=O) groups excluding carboxylic acids is 3. The highest BCUT2D eigenvalue weighted by molar-refractivity contribution is 7.17. The third-order valence-electron chi connectivity index (χ3n) is 3.96. The van der Waals surface area contributed by atoms with E-state index in [1.807, 2.05) is 0 Å². The summed E-state index contributed by atoms with van der Waals surface area (Å²) in [5.41, 5.74) is 1.34. The van der Waals surface area contributed by atoms with Crippen LogP contribution in [0.15, 0.2) is 10.6 Å². The highest BCUT2D eigenvalue weighted by atomic mass is 32.1. The Bertz CT molecular complexity index is 887. The first-order chi connectivity index (χ1) is 13.5. The number of amides is 1. The lowest BCUT2D eigenvalue weighted by Crippen LogP contribution is -2.24. The minimum atomic E-state index is -0.727. The van der Waals surface area contributed by atoms with Gasteiger partial charge in [0.25, 0.3) is 11.8 Å². The van der Waals surface area contributed by atoms with Crippen LogP contribution in [0.1, 0.15) is 39.9 Å². The summed E-state index contributed by atoms with van der Waals surface area (Å²) in [6.45, 7) is 2.77. The maximum atomic E-state index is 12.3. The van der Waals surface area contributed by atoms with Crippen LogP contribution in [0, 0.1) is 6.92 Å². The summed E-state index contributed by atoms with van der Waals surface area (Å²) < 4.78 is 19.9. The molecule has 0 saturated carbocycles. The van der Waals surface area contributed by atoms with Crippen LogP contribution < -0.4 is 10.1 Å². The number of anilines is 1. The number of esters is 2. The van der Waals surface area contributed by atoms with Gasteiger partial charge >= 0.3 is 11.9 Å². The maximum absolute atomic E-state index is 12.3. The molecule has 2 heterocycles. The van der Waals surface area contributed by atoms with Gasteiger partial charge in [0.1, 0.15) is 10.8 Å². The van der Waals surface area contributed by atoms with Crippen molar-refractivity contribution in [2.75, 3.05) is 25.1 Å². The summed E-state index contributed by atoms with van der Waals surface area (Å²) in [7, 11) is 0. The molecule has 0 unspecified atom stereocenters. The zero-order valence-corrected chi connectivity index (χ0v) is 16.3. The molecule has 3 rings (SSSR count). The van der Waals surface area contributed by atoms with Crippen molar-refractivity contribution in [3.8, 4) is 5.88 Å². The van der Waals surface area contributed by atoms with E-state index < -0.39 is 31.1 Å². The van der Waals surface area contributed by atoms with Gasteiger partial charge in [0.15, 0.2) is 13.2 Å². The van der Waals surface area contributed by atoms with Gasteiger partial charge in [-0.15, -0.1) is 11.3 Å². The van der Waals surface area contributed by atoms with Crippen molar-refractivity contribution >= 4 is 34.2 Å². The van der Waals surface area contributed by atoms with Gasteiger partial charge in [-0.3, -0.25) is 4.79 Å². The van der Waals surface area contributed by atoms with Crippen LogP contribution in [0.3, 0.4) is 0 Å². The van der Waals surface area contributed by atoms with Crippen LogP contribution in [0.5, 0.6) is 5.88 Å². The van der Waals surface area contributed by atoms with E-state index >= 15 is 0 Å². The van der Waals surface area contributed by atoms with Gasteiger partial charge in [0.2, 0.25) is 0 Å². The minimum Gasteiger partial charge on any atom is -0.463 e.